The summed E-state index contributed by atoms with van der Waals surface area (Å²) in [6.45, 7) is 1.64. The molecule has 0 saturated heterocycles. The van der Waals surface area contributed by atoms with Gasteiger partial charge in [0.1, 0.15) is 5.82 Å². The molecule has 78 valence electrons. The zero-order valence-corrected chi connectivity index (χ0v) is 9.01. The van der Waals surface area contributed by atoms with E-state index in [-0.39, 0.29) is 5.56 Å². The van der Waals surface area contributed by atoms with Gasteiger partial charge in [-0.15, -0.1) is 19.1 Å². The van der Waals surface area contributed by atoms with E-state index in [0.29, 0.717) is 4.90 Å². The highest BCUT2D eigenvalue weighted by atomic mass is 32.1. The van der Waals surface area contributed by atoms with Crippen LogP contribution < -0.4 is 5.32 Å². The molecule has 1 atom stereocenters. The minimum Gasteiger partial charge on any atom is -0.339 e. The van der Waals surface area contributed by atoms with Crippen molar-refractivity contribution in [2.75, 3.05) is 0 Å². The number of halogens is 1. The molecule has 1 aromatic rings. The van der Waals surface area contributed by atoms with Gasteiger partial charge in [0.05, 0.1) is 11.6 Å². The number of carbonyl (C=O) groups excluding carboxylic acids is 1. The lowest BCUT2D eigenvalue weighted by Gasteiger charge is -2.08. The van der Waals surface area contributed by atoms with E-state index in [2.05, 4.69) is 23.9 Å². The highest BCUT2D eigenvalue weighted by Gasteiger charge is 2.12. The van der Waals surface area contributed by atoms with Crippen LogP contribution in [0.5, 0.6) is 0 Å². The SMILES string of the molecule is C#CC(C)NC(=O)c1cc(S)ccc1F. The number of hydrogen-bond donors (Lipinski definition) is 2. The minimum atomic E-state index is -0.588. The highest BCUT2D eigenvalue weighted by Crippen LogP contribution is 2.13. The molecule has 0 heterocycles. The third-order valence-electron chi connectivity index (χ3n) is 1.79. The predicted molar refractivity (Wildman–Crippen MR) is 59.4 cm³/mol. The average Bonchev–Trinajstić information content (AvgIpc) is 2.21. The van der Waals surface area contributed by atoms with Crippen LogP contribution in [0.25, 0.3) is 0 Å². The van der Waals surface area contributed by atoms with E-state index >= 15 is 0 Å². The van der Waals surface area contributed by atoms with Crippen molar-refractivity contribution in [3.05, 3.63) is 29.6 Å². The molecule has 1 amide bonds. The molecule has 0 saturated carbocycles. The van der Waals surface area contributed by atoms with Gasteiger partial charge in [-0.25, -0.2) is 4.39 Å². The molecule has 0 fully saturated rings. The Kier molecular flexibility index (Phi) is 3.75. The van der Waals surface area contributed by atoms with Crippen molar-refractivity contribution in [2.24, 2.45) is 0 Å². The monoisotopic (exact) mass is 223 g/mol. The molecule has 0 aliphatic heterocycles. The Morgan fingerprint density at radius 3 is 2.93 bits per heavy atom. The second-order valence-corrected chi connectivity index (χ2v) is 3.54. The summed E-state index contributed by atoms with van der Waals surface area (Å²) < 4.78 is 13.2. The van der Waals surface area contributed by atoms with Crippen LogP contribution in [0.4, 0.5) is 4.39 Å². The van der Waals surface area contributed by atoms with Gasteiger partial charge in [-0.2, -0.15) is 0 Å². The molecule has 0 bridgehead atoms. The number of amides is 1. The fraction of sp³-hybridized carbons (Fsp3) is 0.182. The zero-order chi connectivity index (χ0) is 11.4. The average molecular weight is 223 g/mol. The molecule has 0 spiro atoms. The molecule has 4 heteroatoms. The molecule has 1 aromatic carbocycles. The molecule has 2 nitrogen and oxygen atoms in total. The van der Waals surface area contributed by atoms with Crippen LogP contribution in [0, 0.1) is 18.2 Å². The lowest BCUT2D eigenvalue weighted by Crippen LogP contribution is -2.31. The van der Waals surface area contributed by atoms with Crippen molar-refractivity contribution in [2.45, 2.75) is 17.9 Å². The topological polar surface area (TPSA) is 29.1 Å². The number of nitrogens with one attached hydrogen (secondary N) is 1. The lowest BCUT2D eigenvalue weighted by atomic mass is 10.2. The quantitative estimate of drug-likeness (QED) is 0.581. The van der Waals surface area contributed by atoms with Gasteiger partial charge in [0.25, 0.3) is 5.91 Å². The van der Waals surface area contributed by atoms with E-state index < -0.39 is 17.8 Å². The maximum absolute atomic E-state index is 13.2. The number of terminal acetylenes is 1. The van der Waals surface area contributed by atoms with Crippen molar-refractivity contribution in [1.29, 1.82) is 0 Å². The molecule has 0 radical (unpaired) electrons. The third-order valence-corrected chi connectivity index (χ3v) is 2.07. The van der Waals surface area contributed by atoms with E-state index in [9.17, 15) is 9.18 Å². The smallest absolute Gasteiger partial charge is 0.255 e. The second kappa shape index (κ2) is 4.85. The third kappa shape index (κ3) is 3.00. The summed E-state index contributed by atoms with van der Waals surface area (Å²) in [6, 6.07) is 3.59. The van der Waals surface area contributed by atoms with Crippen molar-refractivity contribution >= 4 is 18.5 Å². The Balaban J connectivity index is 2.92. The first-order valence-electron chi connectivity index (χ1n) is 4.30. The van der Waals surface area contributed by atoms with Gasteiger partial charge in [0.2, 0.25) is 0 Å². The fourth-order valence-electron chi connectivity index (χ4n) is 1.00. The number of hydrogen-bond acceptors (Lipinski definition) is 2. The molecule has 1 rings (SSSR count). The highest BCUT2D eigenvalue weighted by molar-refractivity contribution is 7.80. The first kappa shape index (κ1) is 11.6. The zero-order valence-electron chi connectivity index (χ0n) is 8.12. The molecule has 0 aromatic heterocycles. The molecule has 15 heavy (non-hydrogen) atoms. The van der Waals surface area contributed by atoms with Crippen molar-refractivity contribution in [3.8, 4) is 12.3 Å². The van der Waals surface area contributed by atoms with E-state index in [0.717, 1.165) is 0 Å². The van der Waals surface area contributed by atoms with Crippen LogP contribution >= 0.6 is 12.6 Å². The molecular weight excluding hydrogens is 213 g/mol. The number of thiol groups is 1. The van der Waals surface area contributed by atoms with E-state index in [1.807, 2.05) is 0 Å². The molecule has 1 N–H and O–H groups in total. The van der Waals surface area contributed by atoms with Crippen molar-refractivity contribution in [3.63, 3.8) is 0 Å². The van der Waals surface area contributed by atoms with Crippen LogP contribution in [0.2, 0.25) is 0 Å². The summed E-state index contributed by atoms with van der Waals surface area (Å²) in [5.41, 5.74) is -0.0513. The van der Waals surface area contributed by atoms with E-state index in [1.165, 1.54) is 18.2 Å². The summed E-state index contributed by atoms with van der Waals surface area (Å²) in [6.07, 6.45) is 5.09. The summed E-state index contributed by atoms with van der Waals surface area (Å²) >= 11 is 4.02. The molecule has 0 aliphatic rings. The van der Waals surface area contributed by atoms with E-state index in [1.54, 1.807) is 6.92 Å². The fourth-order valence-corrected chi connectivity index (χ4v) is 1.21. The maximum atomic E-state index is 13.2. The van der Waals surface area contributed by atoms with Gasteiger partial charge in [-0.3, -0.25) is 4.79 Å². The molecule has 0 aliphatic carbocycles. The van der Waals surface area contributed by atoms with Crippen LogP contribution in [0.1, 0.15) is 17.3 Å². The van der Waals surface area contributed by atoms with Crippen LogP contribution in [-0.2, 0) is 0 Å². The standard InChI is InChI=1S/C11H10FNOS/c1-3-7(2)13-11(14)9-6-8(15)4-5-10(9)12/h1,4-7,15H,2H3,(H,13,14). The van der Waals surface area contributed by atoms with Gasteiger partial charge in [0.15, 0.2) is 0 Å². The first-order chi connectivity index (χ1) is 7.04. The Morgan fingerprint density at radius 2 is 2.33 bits per heavy atom. The van der Waals surface area contributed by atoms with Gasteiger partial charge < -0.3 is 5.32 Å². The van der Waals surface area contributed by atoms with Gasteiger partial charge in [0, 0.05) is 4.90 Å². The van der Waals surface area contributed by atoms with Crippen LogP contribution in [0.15, 0.2) is 23.1 Å². The number of carbonyl (C=O) groups is 1. The normalized spacial score (nSPS) is 11.6. The first-order valence-corrected chi connectivity index (χ1v) is 4.75. The van der Waals surface area contributed by atoms with E-state index in [4.69, 9.17) is 6.42 Å². The van der Waals surface area contributed by atoms with Crippen molar-refractivity contribution in [1.82, 2.24) is 5.32 Å². The second-order valence-electron chi connectivity index (χ2n) is 3.03. The van der Waals surface area contributed by atoms with Gasteiger partial charge in [-0.1, -0.05) is 5.92 Å². The predicted octanol–water partition coefficient (Wildman–Crippen LogP) is 1.87. The maximum Gasteiger partial charge on any atom is 0.255 e. The van der Waals surface area contributed by atoms with Crippen LogP contribution in [0.3, 0.4) is 0 Å². The minimum absolute atomic E-state index is 0.0513. The lowest BCUT2D eigenvalue weighted by molar-refractivity contribution is 0.0944. The largest absolute Gasteiger partial charge is 0.339 e. The summed E-state index contributed by atoms with van der Waals surface area (Å²) in [5.74, 6) is 1.20. The van der Waals surface area contributed by atoms with Gasteiger partial charge in [-0.05, 0) is 25.1 Å². The number of benzene rings is 1. The summed E-state index contributed by atoms with van der Waals surface area (Å²) in [5, 5.41) is 2.46. The Labute approximate surface area is 93.3 Å². The summed E-state index contributed by atoms with van der Waals surface area (Å²) in [7, 11) is 0. The van der Waals surface area contributed by atoms with Gasteiger partial charge >= 0.3 is 0 Å². The Hall–Kier alpha value is -1.47. The molecule has 1 unspecified atom stereocenters. The number of rotatable bonds is 2. The Bertz CT molecular complexity index is 425. The van der Waals surface area contributed by atoms with Crippen molar-refractivity contribution < 1.29 is 9.18 Å². The molecular formula is C11H10FNOS. The van der Waals surface area contributed by atoms with Crippen LogP contribution in [-0.4, -0.2) is 11.9 Å². The summed E-state index contributed by atoms with van der Waals surface area (Å²) in [4.78, 5) is 12.0. The Morgan fingerprint density at radius 1 is 1.67 bits per heavy atom.